The molecule has 94 valence electrons. The summed E-state index contributed by atoms with van der Waals surface area (Å²) in [5.74, 6) is 1.14. The summed E-state index contributed by atoms with van der Waals surface area (Å²) in [6.45, 7) is 0.700. The van der Waals surface area contributed by atoms with Crippen molar-refractivity contribution < 1.29 is 4.74 Å². The number of ether oxygens (including phenoxy) is 1. The van der Waals surface area contributed by atoms with Crippen LogP contribution in [0.3, 0.4) is 0 Å². The summed E-state index contributed by atoms with van der Waals surface area (Å²) < 4.78 is 5.96. The molecule has 4 nitrogen and oxygen atoms in total. The summed E-state index contributed by atoms with van der Waals surface area (Å²) in [5.41, 5.74) is 5.79. The summed E-state index contributed by atoms with van der Waals surface area (Å²) in [6.07, 6.45) is 8.51. The molecule has 1 aromatic heterocycles. The van der Waals surface area contributed by atoms with E-state index in [2.05, 4.69) is 9.97 Å². The van der Waals surface area contributed by atoms with Crippen molar-refractivity contribution in [3.63, 3.8) is 0 Å². The Hall–Kier alpha value is -0.810. The molecule has 2 unspecified atom stereocenters. The third-order valence-electron chi connectivity index (χ3n) is 3.24. The first-order valence-electron chi connectivity index (χ1n) is 6.06. The van der Waals surface area contributed by atoms with E-state index >= 15 is 0 Å². The van der Waals surface area contributed by atoms with Crippen molar-refractivity contribution >= 4 is 11.8 Å². The Labute approximate surface area is 106 Å². The van der Waals surface area contributed by atoms with Gasteiger partial charge in [0, 0.05) is 12.0 Å². The number of nitrogens with zero attached hydrogens (tertiary/aromatic N) is 2. The van der Waals surface area contributed by atoms with Crippen LogP contribution in [0.2, 0.25) is 0 Å². The van der Waals surface area contributed by atoms with E-state index in [1.807, 2.05) is 12.3 Å². The van der Waals surface area contributed by atoms with Gasteiger partial charge in [-0.15, -0.1) is 11.8 Å². The first-order valence-corrected chi connectivity index (χ1v) is 7.28. The number of thioether (sulfide) groups is 1. The minimum absolute atomic E-state index is 0.221. The van der Waals surface area contributed by atoms with Crippen LogP contribution >= 0.6 is 11.8 Å². The molecular formula is C12H19N3OS. The number of hydrogen-bond acceptors (Lipinski definition) is 5. The molecule has 2 N–H and O–H groups in total. The minimum atomic E-state index is 0.221. The van der Waals surface area contributed by atoms with E-state index in [0.717, 1.165) is 11.4 Å². The highest BCUT2D eigenvalue weighted by molar-refractivity contribution is 7.98. The van der Waals surface area contributed by atoms with Gasteiger partial charge in [-0.05, 0) is 32.1 Å². The second-order valence-electron chi connectivity index (χ2n) is 4.34. The van der Waals surface area contributed by atoms with E-state index in [1.54, 1.807) is 18.1 Å². The second-order valence-corrected chi connectivity index (χ2v) is 5.16. The van der Waals surface area contributed by atoms with Gasteiger partial charge in [-0.1, -0.05) is 6.42 Å². The molecule has 1 aromatic rings. The average molecular weight is 253 g/mol. The maximum atomic E-state index is 5.96. The van der Waals surface area contributed by atoms with E-state index in [1.165, 1.54) is 19.3 Å². The molecule has 1 heterocycles. The zero-order valence-corrected chi connectivity index (χ0v) is 10.9. The van der Waals surface area contributed by atoms with Crippen LogP contribution in [-0.2, 0) is 0 Å². The quantitative estimate of drug-likeness (QED) is 0.657. The summed E-state index contributed by atoms with van der Waals surface area (Å²) in [4.78, 5) is 8.30. The molecule has 5 heteroatoms. The summed E-state index contributed by atoms with van der Waals surface area (Å²) in [6, 6.07) is 1.90. The lowest BCUT2D eigenvalue weighted by atomic mass is 9.86. The largest absolute Gasteiger partial charge is 0.474 e. The van der Waals surface area contributed by atoms with Crippen LogP contribution in [0.25, 0.3) is 0 Å². The maximum Gasteiger partial charge on any atom is 0.217 e. The van der Waals surface area contributed by atoms with Crippen molar-refractivity contribution in [2.45, 2.75) is 36.8 Å². The van der Waals surface area contributed by atoms with E-state index in [4.69, 9.17) is 10.5 Å². The average Bonchev–Trinajstić information content (AvgIpc) is 2.39. The van der Waals surface area contributed by atoms with Crippen LogP contribution in [0.1, 0.15) is 25.7 Å². The number of rotatable bonds is 4. The van der Waals surface area contributed by atoms with Gasteiger partial charge >= 0.3 is 0 Å². The lowest BCUT2D eigenvalue weighted by molar-refractivity contribution is 0.0918. The monoisotopic (exact) mass is 253 g/mol. The van der Waals surface area contributed by atoms with Gasteiger partial charge < -0.3 is 10.5 Å². The molecule has 0 radical (unpaired) electrons. The lowest BCUT2D eigenvalue weighted by Crippen LogP contribution is -2.35. The van der Waals surface area contributed by atoms with Crippen molar-refractivity contribution in [3.05, 3.63) is 12.4 Å². The first kappa shape index (κ1) is 12.6. The third-order valence-corrected chi connectivity index (χ3v) is 3.88. The molecule has 0 amide bonds. The normalized spacial score (nSPS) is 24.6. The van der Waals surface area contributed by atoms with Gasteiger partial charge in [0.1, 0.15) is 17.5 Å². The van der Waals surface area contributed by atoms with Gasteiger partial charge in [-0.2, -0.15) is 0 Å². The van der Waals surface area contributed by atoms with Crippen molar-refractivity contribution in [2.75, 3.05) is 12.8 Å². The zero-order valence-electron chi connectivity index (χ0n) is 10.1. The minimum Gasteiger partial charge on any atom is -0.474 e. The molecule has 1 aliphatic rings. The standard InChI is InChI=1S/C12H19N3OS/c1-17-12-6-11(14-8-15-12)16-10-5-3-2-4-9(10)7-13/h6,8-10H,2-5,7,13H2,1H3. The zero-order chi connectivity index (χ0) is 12.1. The molecule has 2 atom stereocenters. The predicted molar refractivity (Wildman–Crippen MR) is 69.2 cm³/mol. The molecule has 0 bridgehead atoms. The van der Waals surface area contributed by atoms with Crippen LogP contribution in [0.5, 0.6) is 5.88 Å². The van der Waals surface area contributed by atoms with Crippen LogP contribution < -0.4 is 10.5 Å². The number of aromatic nitrogens is 2. The number of nitrogens with two attached hydrogens (primary N) is 1. The Bertz CT molecular complexity index is 361. The molecule has 0 saturated heterocycles. The molecule has 0 spiro atoms. The summed E-state index contributed by atoms with van der Waals surface area (Å²) in [5, 5.41) is 0.940. The number of hydrogen-bond donors (Lipinski definition) is 1. The predicted octanol–water partition coefficient (Wildman–Crippen LogP) is 2.09. The molecule has 0 aliphatic heterocycles. The van der Waals surface area contributed by atoms with Crippen LogP contribution in [0.4, 0.5) is 0 Å². The topological polar surface area (TPSA) is 61.0 Å². The smallest absolute Gasteiger partial charge is 0.217 e. The van der Waals surface area contributed by atoms with Crippen molar-refractivity contribution in [1.82, 2.24) is 9.97 Å². The van der Waals surface area contributed by atoms with Gasteiger partial charge in [0.2, 0.25) is 5.88 Å². The summed E-state index contributed by atoms with van der Waals surface area (Å²) in [7, 11) is 0. The molecule has 0 aromatic carbocycles. The lowest BCUT2D eigenvalue weighted by Gasteiger charge is -2.30. The summed E-state index contributed by atoms with van der Waals surface area (Å²) >= 11 is 1.60. The molecule has 1 aliphatic carbocycles. The fourth-order valence-corrected chi connectivity index (χ4v) is 2.62. The highest BCUT2D eigenvalue weighted by Gasteiger charge is 2.25. The van der Waals surface area contributed by atoms with Crippen molar-refractivity contribution in [3.8, 4) is 5.88 Å². The Balaban J connectivity index is 2.02. The Morgan fingerprint density at radius 3 is 3.00 bits per heavy atom. The van der Waals surface area contributed by atoms with E-state index in [-0.39, 0.29) is 6.10 Å². The Morgan fingerprint density at radius 2 is 2.24 bits per heavy atom. The Morgan fingerprint density at radius 1 is 1.41 bits per heavy atom. The second kappa shape index (κ2) is 6.21. The van der Waals surface area contributed by atoms with Gasteiger partial charge in [0.15, 0.2) is 0 Å². The van der Waals surface area contributed by atoms with Crippen molar-refractivity contribution in [1.29, 1.82) is 0 Å². The third kappa shape index (κ3) is 3.33. The van der Waals surface area contributed by atoms with Gasteiger partial charge in [-0.25, -0.2) is 9.97 Å². The van der Waals surface area contributed by atoms with Crippen molar-refractivity contribution in [2.24, 2.45) is 11.7 Å². The highest BCUT2D eigenvalue weighted by atomic mass is 32.2. The molecular weight excluding hydrogens is 234 g/mol. The van der Waals surface area contributed by atoms with Crippen LogP contribution in [-0.4, -0.2) is 28.9 Å². The fourth-order valence-electron chi connectivity index (χ4n) is 2.25. The van der Waals surface area contributed by atoms with Crippen LogP contribution in [0, 0.1) is 5.92 Å². The van der Waals surface area contributed by atoms with E-state index in [0.29, 0.717) is 18.3 Å². The van der Waals surface area contributed by atoms with E-state index in [9.17, 15) is 0 Å². The molecule has 2 rings (SSSR count). The molecule has 17 heavy (non-hydrogen) atoms. The molecule has 1 saturated carbocycles. The van der Waals surface area contributed by atoms with E-state index < -0.39 is 0 Å². The first-order chi connectivity index (χ1) is 8.33. The SMILES string of the molecule is CSc1cc(OC2CCCCC2CN)ncn1. The van der Waals surface area contributed by atoms with Gasteiger partial charge in [-0.3, -0.25) is 0 Å². The maximum absolute atomic E-state index is 5.96. The van der Waals surface area contributed by atoms with Gasteiger partial charge in [0.25, 0.3) is 0 Å². The fraction of sp³-hybridized carbons (Fsp3) is 0.667. The molecule has 1 fully saturated rings. The highest BCUT2D eigenvalue weighted by Crippen LogP contribution is 2.27. The van der Waals surface area contributed by atoms with Crippen LogP contribution in [0.15, 0.2) is 17.4 Å². The Kier molecular flexibility index (Phi) is 4.62. The van der Waals surface area contributed by atoms with Gasteiger partial charge in [0.05, 0.1) is 0 Å².